The summed E-state index contributed by atoms with van der Waals surface area (Å²) in [5.41, 5.74) is -0.541. The van der Waals surface area contributed by atoms with E-state index in [0.717, 1.165) is 12.8 Å². The molecule has 25 heavy (non-hydrogen) atoms. The van der Waals surface area contributed by atoms with Gasteiger partial charge in [0, 0.05) is 0 Å². The largest absolute Gasteiger partial charge is 1.00 e. The van der Waals surface area contributed by atoms with E-state index in [2.05, 4.69) is 0 Å². The molecule has 3 N–H and O–H groups in total. The van der Waals surface area contributed by atoms with E-state index in [4.69, 9.17) is 0 Å². The van der Waals surface area contributed by atoms with Gasteiger partial charge in [0.2, 0.25) is 0 Å². The molecule has 0 aromatic heterocycles. The molecule has 7 nitrogen and oxygen atoms in total. The standard InChI is InChI=1S/C16H22O7S.Na.H/c1-3-5-7-10-9-12(15(17)18)14(24(21,22)23)13(16(19)20)11(10)8-6-4-2;;/h9H,3-8H2,1-2H3,(H,17,18)(H,19,20)(H,21,22,23);;/q;+1;-1. The third-order valence-corrected chi connectivity index (χ3v) is 4.70. The Hall–Kier alpha value is -0.930. The van der Waals surface area contributed by atoms with E-state index in [-0.39, 0.29) is 36.5 Å². The minimum absolute atomic E-state index is 0. The van der Waals surface area contributed by atoms with Crippen LogP contribution in [0.1, 0.15) is 72.8 Å². The van der Waals surface area contributed by atoms with E-state index in [1.54, 1.807) is 0 Å². The molecule has 0 saturated heterocycles. The number of rotatable bonds is 9. The number of aromatic carboxylic acids is 2. The Balaban J connectivity index is 0. The SMILES string of the molecule is CCCCc1cc(C(=O)O)c(S(=O)(=O)O)c(C(=O)O)c1CCCC.[H-].[Na+]. The van der Waals surface area contributed by atoms with Gasteiger partial charge in [0.25, 0.3) is 10.1 Å². The first-order chi connectivity index (χ1) is 11.1. The van der Waals surface area contributed by atoms with Gasteiger partial charge in [-0.2, -0.15) is 8.42 Å². The van der Waals surface area contributed by atoms with Gasteiger partial charge in [-0.3, -0.25) is 4.55 Å². The van der Waals surface area contributed by atoms with Crippen molar-refractivity contribution < 1.29 is 63.8 Å². The summed E-state index contributed by atoms with van der Waals surface area (Å²) in [5, 5.41) is 18.8. The minimum atomic E-state index is -5.00. The Labute approximate surface area is 171 Å². The van der Waals surface area contributed by atoms with Crippen LogP contribution in [0.15, 0.2) is 11.0 Å². The Bertz CT molecular complexity index is 747. The van der Waals surface area contributed by atoms with E-state index >= 15 is 0 Å². The van der Waals surface area contributed by atoms with Gasteiger partial charge in [0.1, 0.15) is 4.90 Å². The Kier molecular flexibility index (Phi) is 9.89. The Morgan fingerprint density at radius 3 is 1.96 bits per heavy atom. The Morgan fingerprint density at radius 2 is 1.56 bits per heavy atom. The van der Waals surface area contributed by atoms with Gasteiger partial charge < -0.3 is 11.6 Å². The van der Waals surface area contributed by atoms with Crippen LogP contribution in [0.4, 0.5) is 0 Å². The number of unbranched alkanes of at least 4 members (excludes halogenated alkanes) is 2. The van der Waals surface area contributed by atoms with Crippen molar-refractivity contribution in [2.45, 2.75) is 57.3 Å². The molecule has 136 valence electrons. The van der Waals surface area contributed by atoms with Crippen LogP contribution in [0, 0.1) is 0 Å². The van der Waals surface area contributed by atoms with Crippen molar-refractivity contribution in [1.29, 1.82) is 0 Å². The van der Waals surface area contributed by atoms with Gasteiger partial charge in [0.05, 0.1) is 11.1 Å². The number of hydrogen-bond acceptors (Lipinski definition) is 4. The smallest absolute Gasteiger partial charge is 1.00 e. The maximum Gasteiger partial charge on any atom is 1.00 e. The summed E-state index contributed by atoms with van der Waals surface area (Å²) in [6.45, 7) is 3.84. The van der Waals surface area contributed by atoms with Crippen LogP contribution >= 0.6 is 0 Å². The molecule has 0 bridgehead atoms. The van der Waals surface area contributed by atoms with Crippen LogP contribution in [0.2, 0.25) is 0 Å². The molecule has 9 heteroatoms. The van der Waals surface area contributed by atoms with Crippen molar-refractivity contribution in [3.05, 3.63) is 28.3 Å². The Morgan fingerprint density at radius 1 is 1.04 bits per heavy atom. The molecule has 0 aliphatic heterocycles. The molecule has 0 heterocycles. The second-order valence-electron chi connectivity index (χ2n) is 5.56. The normalized spacial score (nSPS) is 11.0. The number of aryl methyl sites for hydroxylation is 1. The van der Waals surface area contributed by atoms with Crippen LogP contribution in [0.5, 0.6) is 0 Å². The van der Waals surface area contributed by atoms with E-state index in [9.17, 15) is 32.8 Å². The first-order valence-electron chi connectivity index (χ1n) is 7.77. The molecule has 0 radical (unpaired) electrons. The van der Waals surface area contributed by atoms with E-state index in [1.807, 2.05) is 13.8 Å². The zero-order valence-corrected chi connectivity index (χ0v) is 17.5. The van der Waals surface area contributed by atoms with Crippen LogP contribution in [0.3, 0.4) is 0 Å². The molecule has 0 saturated carbocycles. The third-order valence-electron chi connectivity index (χ3n) is 3.76. The zero-order valence-electron chi connectivity index (χ0n) is 15.7. The van der Waals surface area contributed by atoms with Crippen molar-refractivity contribution in [2.24, 2.45) is 0 Å². The van der Waals surface area contributed by atoms with Crippen molar-refractivity contribution in [3.63, 3.8) is 0 Å². The third kappa shape index (κ3) is 6.07. The van der Waals surface area contributed by atoms with Gasteiger partial charge in [-0.1, -0.05) is 26.7 Å². The van der Waals surface area contributed by atoms with Crippen LogP contribution in [-0.2, 0) is 23.0 Å². The molecule has 1 aromatic carbocycles. The molecular weight excluding hydrogens is 359 g/mol. The first-order valence-corrected chi connectivity index (χ1v) is 9.21. The molecule has 0 aliphatic rings. The second-order valence-corrected chi connectivity index (χ2v) is 6.92. The van der Waals surface area contributed by atoms with Crippen molar-refractivity contribution >= 4 is 22.1 Å². The summed E-state index contributed by atoms with van der Waals surface area (Å²) in [6, 6.07) is 1.18. The monoisotopic (exact) mass is 382 g/mol. The predicted octanol–water partition coefficient (Wildman–Crippen LogP) is 0.131. The fourth-order valence-corrected chi connectivity index (χ4v) is 3.53. The summed E-state index contributed by atoms with van der Waals surface area (Å²) in [4.78, 5) is 22.1. The molecular formula is C16H23NaO7S. The number of benzene rings is 1. The van der Waals surface area contributed by atoms with Gasteiger partial charge in [-0.25, -0.2) is 9.59 Å². The molecule has 1 aromatic rings. The molecule has 0 amide bonds. The summed E-state index contributed by atoms with van der Waals surface area (Å²) < 4.78 is 32.7. The quantitative estimate of drug-likeness (QED) is 0.409. The molecule has 0 fully saturated rings. The van der Waals surface area contributed by atoms with Crippen LogP contribution in [-0.4, -0.2) is 35.1 Å². The van der Waals surface area contributed by atoms with E-state index in [0.29, 0.717) is 31.2 Å². The maximum atomic E-state index is 11.7. The summed E-state index contributed by atoms with van der Waals surface area (Å²) in [5.74, 6) is -3.15. The summed E-state index contributed by atoms with van der Waals surface area (Å²) in [6.07, 6.45) is 3.66. The van der Waals surface area contributed by atoms with Gasteiger partial charge >= 0.3 is 41.5 Å². The van der Waals surface area contributed by atoms with Crippen molar-refractivity contribution in [2.75, 3.05) is 0 Å². The van der Waals surface area contributed by atoms with Crippen LogP contribution < -0.4 is 29.6 Å². The molecule has 1 rings (SSSR count). The number of carbonyl (C=O) groups is 2. The van der Waals surface area contributed by atoms with E-state index in [1.165, 1.54) is 6.07 Å². The molecule has 0 atom stereocenters. The molecule has 0 aliphatic carbocycles. The average Bonchev–Trinajstić information content (AvgIpc) is 2.48. The first kappa shape index (κ1) is 24.1. The fraction of sp³-hybridized carbons (Fsp3) is 0.500. The summed E-state index contributed by atoms with van der Waals surface area (Å²) >= 11 is 0. The second kappa shape index (κ2) is 10.3. The molecule has 0 spiro atoms. The summed E-state index contributed by atoms with van der Waals surface area (Å²) in [7, 11) is -5.00. The predicted molar refractivity (Wildman–Crippen MR) is 88.5 cm³/mol. The number of carboxylic acids is 2. The zero-order chi connectivity index (χ0) is 18.5. The molecule has 0 unspecified atom stereocenters. The van der Waals surface area contributed by atoms with E-state index < -0.39 is 38.1 Å². The van der Waals surface area contributed by atoms with Gasteiger partial charge in [-0.05, 0) is 42.9 Å². The van der Waals surface area contributed by atoms with Gasteiger partial charge in [0.15, 0.2) is 0 Å². The van der Waals surface area contributed by atoms with Crippen molar-refractivity contribution in [1.82, 2.24) is 0 Å². The van der Waals surface area contributed by atoms with Crippen molar-refractivity contribution in [3.8, 4) is 0 Å². The maximum absolute atomic E-state index is 11.7. The average molecular weight is 382 g/mol. The number of carboxylic acid groups (broad SMARTS) is 2. The van der Waals surface area contributed by atoms with Crippen LogP contribution in [0.25, 0.3) is 0 Å². The number of hydrogen-bond donors (Lipinski definition) is 3. The fourth-order valence-electron chi connectivity index (χ4n) is 2.64. The van der Waals surface area contributed by atoms with Gasteiger partial charge in [-0.15, -0.1) is 0 Å². The minimum Gasteiger partial charge on any atom is -1.00 e. The topological polar surface area (TPSA) is 129 Å².